The van der Waals surface area contributed by atoms with E-state index in [4.69, 9.17) is 4.42 Å². The number of rotatable bonds is 5. The van der Waals surface area contributed by atoms with Crippen molar-refractivity contribution in [3.8, 4) is 10.6 Å². The van der Waals surface area contributed by atoms with Gasteiger partial charge in [-0.05, 0) is 12.5 Å². The zero-order valence-electron chi connectivity index (χ0n) is 16.2. The number of hydrogen-bond donors (Lipinski definition) is 1. The third kappa shape index (κ3) is 4.04. The number of benzene rings is 1. The standard InChI is InChI=1S/C19H16F6N4O2S/c20-18(21,22)8-30-15(19(23,24)25)11-1-2-12(16-26-3-4-32-16)14-13(11)28-17(31-14)29-6-9-5-10(7-29)27-9/h1-4,9-10,15,27H,5-8H2. The number of aromatic nitrogens is 2. The lowest BCUT2D eigenvalue weighted by Gasteiger charge is -2.47. The molecule has 3 aliphatic rings. The molecule has 2 bridgehead atoms. The molecule has 0 spiro atoms. The van der Waals surface area contributed by atoms with E-state index in [9.17, 15) is 26.3 Å². The molecule has 32 heavy (non-hydrogen) atoms. The number of nitrogens with one attached hydrogen (secondary N) is 1. The number of piperazine rings is 1. The highest BCUT2D eigenvalue weighted by Crippen LogP contribution is 2.43. The Balaban J connectivity index is 1.61. The first-order valence-electron chi connectivity index (χ1n) is 9.68. The Bertz CT molecular complexity index is 1100. The Hall–Kier alpha value is -2.38. The van der Waals surface area contributed by atoms with Gasteiger partial charge in [0.25, 0.3) is 6.01 Å². The second kappa shape index (κ2) is 7.59. The van der Waals surface area contributed by atoms with E-state index in [0.717, 1.165) is 12.5 Å². The van der Waals surface area contributed by atoms with Gasteiger partial charge in [0, 0.05) is 42.3 Å². The minimum Gasteiger partial charge on any atom is -0.423 e. The van der Waals surface area contributed by atoms with Crippen molar-refractivity contribution in [2.75, 3.05) is 24.6 Å². The second-order valence-electron chi connectivity index (χ2n) is 7.76. The van der Waals surface area contributed by atoms with Crippen LogP contribution in [0.1, 0.15) is 18.1 Å². The van der Waals surface area contributed by atoms with E-state index in [2.05, 4.69) is 20.0 Å². The Labute approximate surface area is 181 Å². The van der Waals surface area contributed by atoms with E-state index >= 15 is 0 Å². The maximum absolute atomic E-state index is 13.7. The van der Waals surface area contributed by atoms with E-state index in [-0.39, 0.29) is 29.2 Å². The number of hydrogen-bond acceptors (Lipinski definition) is 7. The number of ether oxygens (including phenoxy) is 1. The third-order valence-corrected chi connectivity index (χ3v) is 6.22. The molecule has 0 aliphatic carbocycles. The molecule has 172 valence electrons. The van der Waals surface area contributed by atoms with E-state index in [1.165, 1.54) is 23.6 Å². The third-order valence-electron chi connectivity index (χ3n) is 5.41. The van der Waals surface area contributed by atoms with E-state index in [1.54, 1.807) is 5.38 Å². The summed E-state index contributed by atoms with van der Waals surface area (Å²) >= 11 is 1.25. The molecule has 2 aromatic heterocycles. The van der Waals surface area contributed by atoms with Gasteiger partial charge in [0.1, 0.15) is 17.1 Å². The monoisotopic (exact) mass is 478 g/mol. The van der Waals surface area contributed by atoms with Gasteiger partial charge in [-0.15, -0.1) is 11.3 Å². The largest absolute Gasteiger partial charge is 0.423 e. The van der Waals surface area contributed by atoms with Crippen LogP contribution in [0.2, 0.25) is 0 Å². The summed E-state index contributed by atoms with van der Waals surface area (Å²) in [5.74, 6) is 0. The Kier molecular flexibility index (Phi) is 5.09. The van der Waals surface area contributed by atoms with Crippen LogP contribution in [0, 0.1) is 0 Å². The number of piperidine rings is 1. The molecule has 3 unspecified atom stereocenters. The summed E-state index contributed by atoms with van der Waals surface area (Å²) in [6.45, 7) is -0.907. The van der Waals surface area contributed by atoms with Crippen LogP contribution in [0.15, 0.2) is 28.1 Å². The topological polar surface area (TPSA) is 63.4 Å². The van der Waals surface area contributed by atoms with E-state index < -0.39 is 30.6 Å². The molecule has 0 saturated carbocycles. The molecule has 13 heteroatoms. The summed E-state index contributed by atoms with van der Waals surface area (Å²) < 4.78 is 89.2. The zero-order valence-corrected chi connectivity index (χ0v) is 17.0. The maximum Gasteiger partial charge on any atom is 0.418 e. The van der Waals surface area contributed by atoms with Gasteiger partial charge in [-0.1, -0.05) is 6.07 Å². The summed E-state index contributed by atoms with van der Waals surface area (Å²) in [7, 11) is 0. The van der Waals surface area contributed by atoms with Gasteiger partial charge in [-0.2, -0.15) is 31.3 Å². The SMILES string of the molecule is FC(F)(F)COC(c1ccc(-c2nccs2)c2oc(N3CC4CC(C3)N4)nc12)C(F)(F)F. The number of fused-ring (bicyclic) bond motifs is 3. The normalized spacial score (nSPS) is 22.2. The van der Waals surface area contributed by atoms with Crippen LogP contribution < -0.4 is 10.2 Å². The number of thiazole rings is 1. The first kappa shape index (κ1) is 21.5. The Morgan fingerprint density at radius 1 is 1.19 bits per heavy atom. The fourth-order valence-electron chi connectivity index (χ4n) is 4.09. The molecule has 3 fully saturated rings. The van der Waals surface area contributed by atoms with Crippen molar-refractivity contribution in [3.05, 3.63) is 29.3 Å². The number of alkyl halides is 6. The van der Waals surface area contributed by atoms with Gasteiger partial charge in [-0.25, -0.2) is 4.98 Å². The minimum atomic E-state index is -5.09. The van der Waals surface area contributed by atoms with Crippen molar-refractivity contribution in [1.82, 2.24) is 15.3 Å². The number of halogens is 6. The quantitative estimate of drug-likeness (QED) is 0.538. The second-order valence-corrected chi connectivity index (χ2v) is 8.66. The smallest absolute Gasteiger partial charge is 0.418 e. The van der Waals surface area contributed by atoms with Crippen LogP contribution in [-0.4, -0.2) is 54.1 Å². The van der Waals surface area contributed by atoms with E-state index in [1.807, 2.05) is 4.90 Å². The summed E-state index contributed by atoms with van der Waals surface area (Å²) in [6, 6.07) is 3.02. The van der Waals surface area contributed by atoms with Gasteiger partial charge in [0.2, 0.25) is 0 Å². The number of oxazole rings is 1. The van der Waals surface area contributed by atoms with Gasteiger partial charge >= 0.3 is 12.4 Å². The molecular weight excluding hydrogens is 462 g/mol. The summed E-state index contributed by atoms with van der Waals surface area (Å²) in [5.41, 5.74) is -0.282. The Morgan fingerprint density at radius 3 is 2.50 bits per heavy atom. The van der Waals surface area contributed by atoms with E-state index in [0.29, 0.717) is 23.7 Å². The lowest BCUT2D eigenvalue weighted by molar-refractivity contribution is -0.257. The lowest BCUT2D eigenvalue weighted by atomic mass is 9.92. The minimum absolute atomic E-state index is 0.0320. The molecule has 3 saturated heterocycles. The van der Waals surface area contributed by atoms with Crippen molar-refractivity contribution in [2.45, 2.75) is 37.0 Å². The fourth-order valence-corrected chi connectivity index (χ4v) is 4.75. The van der Waals surface area contributed by atoms with Crippen molar-refractivity contribution in [2.24, 2.45) is 0 Å². The molecule has 1 N–H and O–H groups in total. The van der Waals surface area contributed by atoms with Crippen LogP contribution in [-0.2, 0) is 4.74 Å². The van der Waals surface area contributed by atoms with Crippen molar-refractivity contribution in [3.63, 3.8) is 0 Å². The first-order chi connectivity index (χ1) is 15.1. The predicted octanol–water partition coefficient (Wildman–Crippen LogP) is 4.68. The van der Waals surface area contributed by atoms with Crippen molar-refractivity contribution >= 4 is 28.5 Å². The number of anilines is 1. The van der Waals surface area contributed by atoms with Crippen LogP contribution in [0.4, 0.5) is 32.4 Å². The highest BCUT2D eigenvalue weighted by Gasteiger charge is 2.46. The van der Waals surface area contributed by atoms with Crippen LogP contribution >= 0.6 is 11.3 Å². The fraction of sp³-hybridized carbons (Fsp3) is 0.474. The number of nitrogens with zero attached hydrogens (tertiary/aromatic N) is 3. The van der Waals surface area contributed by atoms with Crippen molar-refractivity contribution in [1.29, 1.82) is 0 Å². The molecule has 3 aromatic rings. The molecule has 6 nitrogen and oxygen atoms in total. The highest BCUT2D eigenvalue weighted by molar-refractivity contribution is 7.13. The Morgan fingerprint density at radius 2 is 1.91 bits per heavy atom. The summed E-state index contributed by atoms with van der Waals surface area (Å²) in [4.78, 5) is 10.3. The van der Waals surface area contributed by atoms with Crippen LogP contribution in [0.25, 0.3) is 21.7 Å². The van der Waals surface area contributed by atoms with Gasteiger partial charge < -0.3 is 19.4 Å². The van der Waals surface area contributed by atoms with Crippen LogP contribution in [0.3, 0.4) is 0 Å². The first-order valence-corrected chi connectivity index (χ1v) is 10.6. The molecule has 5 heterocycles. The highest BCUT2D eigenvalue weighted by atomic mass is 32.1. The molecule has 6 rings (SSSR count). The van der Waals surface area contributed by atoms with Gasteiger partial charge in [-0.3, -0.25) is 0 Å². The zero-order chi connectivity index (χ0) is 22.7. The molecule has 3 atom stereocenters. The molecular formula is C19H16F6N4O2S. The van der Waals surface area contributed by atoms with Gasteiger partial charge in [0.05, 0.1) is 5.56 Å². The van der Waals surface area contributed by atoms with Crippen LogP contribution in [0.5, 0.6) is 0 Å². The molecule has 3 aliphatic heterocycles. The van der Waals surface area contributed by atoms with Crippen molar-refractivity contribution < 1.29 is 35.5 Å². The lowest BCUT2D eigenvalue weighted by Crippen LogP contribution is -2.67. The average molecular weight is 478 g/mol. The average Bonchev–Trinajstić information content (AvgIpc) is 3.36. The molecule has 0 radical (unpaired) electrons. The van der Waals surface area contributed by atoms with Gasteiger partial charge in [0.15, 0.2) is 11.7 Å². The molecule has 0 amide bonds. The predicted molar refractivity (Wildman–Crippen MR) is 103 cm³/mol. The molecule has 1 aromatic carbocycles. The summed E-state index contributed by atoms with van der Waals surface area (Å²) in [5, 5.41) is 5.52. The maximum atomic E-state index is 13.7. The summed E-state index contributed by atoms with van der Waals surface area (Å²) in [6.07, 6.45) is -10.3.